The maximum atomic E-state index is 13.2. The van der Waals surface area contributed by atoms with E-state index in [9.17, 15) is 14.0 Å². The monoisotopic (exact) mass is 319 g/mol. The molecule has 1 saturated carbocycles. The molecule has 3 rings (SSSR count). The molecule has 1 aliphatic carbocycles. The van der Waals surface area contributed by atoms with Crippen molar-refractivity contribution in [3.05, 3.63) is 35.6 Å². The number of hydrogen-bond donors (Lipinski definition) is 1. The van der Waals surface area contributed by atoms with Crippen LogP contribution in [0.2, 0.25) is 0 Å². The first kappa shape index (κ1) is 15.9. The number of carbonyl (C=O) groups is 2. The first-order valence-corrected chi connectivity index (χ1v) is 8.14. The van der Waals surface area contributed by atoms with Crippen LogP contribution in [0.4, 0.5) is 4.39 Å². The number of hydrogen-bond acceptors (Lipinski definition) is 3. The van der Waals surface area contributed by atoms with E-state index in [4.69, 9.17) is 0 Å². The predicted octanol–water partition coefficient (Wildman–Crippen LogP) is 0.791. The molecule has 1 aliphatic heterocycles. The molecule has 1 saturated heterocycles. The van der Waals surface area contributed by atoms with Gasteiger partial charge in [0.05, 0.1) is 13.0 Å². The first-order chi connectivity index (χ1) is 11.1. The van der Waals surface area contributed by atoms with Crippen molar-refractivity contribution in [1.82, 2.24) is 15.1 Å². The van der Waals surface area contributed by atoms with E-state index in [0.29, 0.717) is 44.3 Å². The number of nitrogens with one attached hydrogen (secondary N) is 1. The third-order valence-electron chi connectivity index (χ3n) is 4.28. The van der Waals surface area contributed by atoms with E-state index < -0.39 is 0 Å². The molecule has 2 fully saturated rings. The molecule has 2 amide bonds. The lowest BCUT2D eigenvalue weighted by molar-refractivity contribution is -0.132. The average molecular weight is 319 g/mol. The molecule has 0 unspecified atom stereocenters. The molecule has 1 aromatic rings. The second-order valence-corrected chi connectivity index (χ2v) is 6.31. The van der Waals surface area contributed by atoms with Crippen LogP contribution in [0.25, 0.3) is 0 Å². The Bertz CT molecular complexity index is 581. The zero-order chi connectivity index (χ0) is 16.2. The van der Waals surface area contributed by atoms with Crippen LogP contribution in [0, 0.1) is 5.82 Å². The summed E-state index contributed by atoms with van der Waals surface area (Å²) in [4.78, 5) is 27.9. The van der Waals surface area contributed by atoms with Crippen molar-refractivity contribution in [3.8, 4) is 0 Å². The Labute approximate surface area is 135 Å². The highest BCUT2D eigenvalue weighted by atomic mass is 19.1. The summed E-state index contributed by atoms with van der Waals surface area (Å²) < 4.78 is 13.2. The van der Waals surface area contributed by atoms with Gasteiger partial charge in [0.1, 0.15) is 5.82 Å². The molecule has 23 heavy (non-hydrogen) atoms. The lowest BCUT2D eigenvalue weighted by Crippen LogP contribution is -2.51. The Hall–Kier alpha value is -1.95. The van der Waals surface area contributed by atoms with Gasteiger partial charge in [-0.15, -0.1) is 0 Å². The summed E-state index contributed by atoms with van der Waals surface area (Å²) in [6.07, 6.45) is 2.40. The Balaban J connectivity index is 1.42. The molecule has 1 N–H and O–H groups in total. The number of carbonyl (C=O) groups excluding carboxylic acids is 2. The second-order valence-electron chi connectivity index (χ2n) is 6.31. The second kappa shape index (κ2) is 7.08. The highest BCUT2D eigenvalue weighted by Gasteiger charge is 2.26. The van der Waals surface area contributed by atoms with E-state index in [2.05, 4.69) is 10.2 Å². The summed E-state index contributed by atoms with van der Waals surface area (Å²) in [5.41, 5.74) is 0.696. The summed E-state index contributed by atoms with van der Waals surface area (Å²) in [7, 11) is 0. The average Bonchev–Trinajstić information content (AvgIpc) is 3.31. The number of nitrogens with zero attached hydrogens (tertiary/aromatic N) is 2. The molecule has 1 aromatic carbocycles. The van der Waals surface area contributed by atoms with E-state index in [0.717, 1.165) is 12.8 Å². The topological polar surface area (TPSA) is 52.7 Å². The van der Waals surface area contributed by atoms with Gasteiger partial charge in [-0.25, -0.2) is 4.39 Å². The van der Waals surface area contributed by atoms with Crippen molar-refractivity contribution >= 4 is 11.8 Å². The summed E-state index contributed by atoms with van der Waals surface area (Å²) in [5.74, 6) is -0.230. The van der Waals surface area contributed by atoms with E-state index in [-0.39, 0.29) is 24.1 Å². The van der Waals surface area contributed by atoms with Crippen LogP contribution < -0.4 is 5.32 Å². The van der Waals surface area contributed by atoms with E-state index in [1.54, 1.807) is 17.0 Å². The largest absolute Gasteiger partial charge is 0.352 e. The predicted molar refractivity (Wildman–Crippen MR) is 84.3 cm³/mol. The SMILES string of the molecule is O=C(CN1CCN(C(=O)Cc2cccc(F)c2)CC1)NC1CC1. The number of halogens is 1. The van der Waals surface area contributed by atoms with Crippen molar-refractivity contribution in [3.63, 3.8) is 0 Å². The highest BCUT2D eigenvalue weighted by Crippen LogP contribution is 2.18. The zero-order valence-corrected chi connectivity index (χ0v) is 13.1. The smallest absolute Gasteiger partial charge is 0.234 e. The third kappa shape index (κ3) is 4.76. The number of benzene rings is 1. The van der Waals surface area contributed by atoms with Crippen molar-refractivity contribution in [2.45, 2.75) is 25.3 Å². The minimum absolute atomic E-state index is 0.0117. The molecule has 5 nitrogen and oxygen atoms in total. The minimum atomic E-state index is -0.318. The summed E-state index contributed by atoms with van der Waals surface area (Å²) >= 11 is 0. The van der Waals surface area contributed by atoms with Gasteiger partial charge < -0.3 is 10.2 Å². The molecule has 1 heterocycles. The maximum absolute atomic E-state index is 13.2. The van der Waals surface area contributed by atoms with Gasteiger partial charge in [0.2, 0.25) is 11.8 Å². The molecular weight excluding hydrogens is 297 g/mol. The fraction of sp³-hybridized carbons (Fsp3) is 0.529. The van der Waals surface area contributed by atoms with Crippen LogP contribution >= 0.6 is 0 Å². The standard InChI is InChI=1S/C17H22FN3O2/c18-14-3-1-2-13(10-14)11-17(23)21-8-6-20(7-9-21)12-16(22)19-15-4-5-15/h1-3,10,15H,4-9,11-12H2,(H,19,22). The van der Waals surface area contributed by atoms with Gasteiger partial charge in [-0.2, -0.15) is 0 Å². The van der Waals surface area contributed by atoms with Crippen LogP contribution in [-0.4, -0.2) is 60.4 Å². The minimum Gasteiger partial charge on any atom is -0.352 e. The molecule has 6 heteroatoms. The molecule has 124 valence electrons. The Morgan fingerprint density at radius 1 is 1.17 bits per heavy atom. The highest BCUT2D eigenvalue weighted by molar-refractivity contribution is 5.79. The molecule has 0 spiro atoms. The number of rotatable bonds is 5. The van der Waals surface area contributed by atoms with Crippen molar-refractivity contribution in [2.24, 2.45) is 0 Å². The van der Waals surface area contributed by atoms with Crippen molar-refractivity contribution in [1.29, 1.82) is 0 Å². The maximum Gasteiger partial charge on any atom is 0.234 e. The Kier molecular flexibility index (Phi) is 4.91. The molecule has 0 bridgehead atoms. The van der Waals surface area contributed by atoms with Crippen molar-refractivity contribution < 1.29 is 14.0 Å². The van der Waals surface area contributed by atoms with Gasteiger partial charge in [-0.1, -0.05) is 12.1 Å². The van der Waals surface area contributed by atoms with Crippen LogP contribution in [0.15, 0.2) is 24.3 Å². The molecular formula is C17H22FN3O2. The van der Waals surface area contributed by atoms with Crippen LogP contribution in [0.3, 0.4) is 0 Å². The van der Waals surface area contributed by atoms with Gasteiger partial charge in [0.25, 0.3) is 0 Å². The molecule has 2 aliphatic rings. The van der Waals surface area contributed by atoms with Gasteiger partial charge in [0, 0.05) is 32.2 Å². The first-order valence-electron chi connectivity index (χ1n) is 8.14. The summed E-state index contributed by atoms with van der Waals surface area (Å²) in [5, 5.41) is 2.98. The van der Waals surface area contributed by atoms with Gasteiger partial charge in [0.15, 0.2) is 0 Å². The van der Waals surface area contributed by atoms with E-state index in [1.807, 2.05) is 0 Å². The molecule has 0 radical (unpaired) electrons. The van der Waals surface area contributed by atoms with Crippen LogP contribution in [0.5, 0.6) is 0 Å². The van der Waals surface area contributed by atoms with E-state index >= 15 is 0 Å². The van der Waals surface area contributed by atoms with Gasteiger partial charge in [-0.3, -0.25) is 14.5 Å². The summed E-state index contributed by atoms with van der Waals surface area (Å²) in [6, 6.07) is 6.54. The third-order valence-corrected chi connectivity index (χ3v) is 4.28. The fourth-order valence-electron chi connectivity index (χ4n) is 2.79. The van der Waals surface area contributed by atoms with Crippen molar-refractivity contribution in [2.75, 3.05) is 32.7 Å². The number of amides is 2. The lowest BCUT2D eigenvalue weighted by atomic mass is 10.1. The van der Waals surface area contributed by atoms with Gasteiger partial charge >= 0.3 is 0 Å². The summed E-state index contributed by atoms with van der Waals surface area (Å²) in [6.45, 7) is 3.04. The Morgan fingerprint density at radius 3 is 2.57 bits per heavy atom. The van der Waals surface area contributed by atoms with Gasteiger partial charge in [-0.05, 0) is 30.5 Å². The molecule has 0 atom stereocenters. The quantitative estimate of drug-likeness (QED) is 0.873. The lowest BCUT2D eigenvalue weighted by Gasteiger charge is -2.34. The number of piperazine rings is 1. The normalized spacial score (nSPS) is 18.7. The molecule has 0 aromatic heterocycles. The van der Waals surface area contributed by atoms with Crippen LogP contribution in [-0.2, 0) is 16.0 Å². The fourth-order valence-corrected chi connectivity index (χ4v) is 2.79. The van der Waals surface area contributed by atoms with Crippen LogP contribution in [0.1, 0.15) is 18.4 Å². The zero-order valence-electron chi connectivity index (χ0n) is 13.1. The Morgan fingerprint density at radius 2 is 1.91 bits per heavy atom. The van der Waals surface area contributed by atoms with E-state index in [1.165, 1.54) is 12.1 Å².